The van der Waals surface area contributed by atoms with Gasteiger partial charge in [0.2, 0.25) is 11.9 Å². The van der Waals surface area contributed by atoms with Gasteiger partial charge in [-0.3, -0.25) is 0 Å². The van der Waals surface area contributed by atoms with Crippen molar-refractivity contribution in [3.05, 3.63) is 18.0 Å². The molecule has 3 atom stereocenters. The Kier molecular flexibility index (Phi) is 1.68. The zero-order valence-electron chi connectivity index (χ0n) is 8.30. The lowest BCUT2D eigenvalue weighted by Crippen LogP contribution is -2.13. The Hall–Kier alpha value is -1.65. The Morgan fingerprint density at radius 3 is 2.27 bits per heavy atom. The SMILES string of the molecule is Nc1nc(N)nc([C@@H]2C[C@H]3C=C[C@H]2C3)n1. The maximum atomic E-state index is 5.56. The number of hydrogen-bond donors (Lipinski definition) is 2. The summed E-state index contributed by atoms with van der Waals surface area (Å²) in [5, 5.41) is 0. The van der Waals surface area contributed by atoms with Gasteiger partial charge in [-0.15, -0.1) is 0 Å². The quantitative estimate of drug-likeness (QED) is 0.656. The van der Waals surface area contributed by atoms with Crippen LogP contribution in [0.3, 0.4) is 0 Å². The normalized spacial score (nSPS) is 32.4. The van der Waals surface area contributed by atoms with E-state index in [0.29, 0.717) is 17.8 Å². The number of fused-ring (bicyclic) bond motifs is 2. The van der Waals surface area contributed by atoms with E-state index in [1.807, 2.05) is 0 Å². The van der Waals surface area contributed by atoms with Crippen molar-refractivity contribution in [1.82, 2.24) is 15.0 Å². The zero-order valence-corrected chi connectivity index (χ0v) is 8.30. The number of nitrogen functional groups attached to an aromatic ring is 2. The van der Waals surface area contributed by atoms with E-state index >= 15 is 0 Å². The molecular formula is C10H13N5. The molecule has 15 heavy (non-hydrogen) atoms. The van der Waals surface area contributed by atoms with Crippen LogP contribution >= 0.6 is 0 Å². The minimum absolute atomic E-state index is 0.226. The van der Waals surface area contributed by atoms with Crippen molar-refractivity contribution in [3.63, 3.8) is 0 Å². The van der Waals surface area contributed by atoms with Crippen LogP contribution in [0.1, 0.15) is 24.6 Å². The third-order valence-corrected chi connectivity index (χ3v) is 3.30. The van der Waals surface area contributed by atoms with Crippen molar-refractivity contribution in [1.29, 1.82) is 0 Å². The molecule has 1 aromatic rings. The fourth-order valence-electron chi connectivity index (χ4n) is 2.67. The summed E-state index contributed by atoms with van der Waals surface area (Å²) >= 11 is 0. The lowest BCUT2D eigenvalue weighted by Gasteiger charge is -2.16. The van der Waals surface area contributed by atoms with E-state index in [4.69, 9.17) is 11.5 Å². The van der Waals surface area contributed by atoms with E-state index in [-0.39, 0.29) is 11.9 Å². The molecule has 0 aromatic carbocycles. The molecule has 1 saturated carbocycles. The van der Waals surface area contributed by atoms with Crippen LogP contribution in [-0.4, -0.2) is 15.0 Å². The summed E-state index contributed by atoms with van der Waals surface area (Å²) in [7, 11) is 0. The molecule has 0 aliphatic heterocycles. The molecule has 0 amide bonds. The fraction of sp³-hybridized carbons (Fsp3) is 0.500. The van der Waals surface area contributed by atoms with Crippen LogP contribution in [0.5, 0.6) is 0 Å². The number of anilines is 2. The number of nitrogens with two attached hydrogens (primary N) is 2. The maximum Gasteiger partial charge on any atom is 0.225 e. The molecule has 1 fully saturated rings. The number of aromatic nitrogens is 3. The van der Waals surface area contributed by atoms with Crippen molar-refractivity contribution >= 4 is 11.9 Å². The van der Waals surface area contributed by atoms with E-state index in [9.17, 15) is 0 Å². The molecule has 1 aromatic heterocycles. The van der Waals surface area contributed by atoms with Gasteiger partial charge in [0.15, 0.2) is 0 Å². The second-order valence-electron chi connectivity index (χ2n) is 4.30. The van der Waals surface area contributed by atoms with E-state index in [2.05, 4.69) is 27.1 Å². The molecule has 5 heteroatoms. The fourth-order valence-corrected chi connectivity index (χ4v) is 2.67. The monoisotopic (exact) mass is 203 g/mol. The summed E-state index contributed by atoms with van der Waals surface area (Å²) in [6, 6.07) is 0. The van der Waals surface area contributed by atoms with Crippen molar-refractivity contribution in [2.45, 2.75) is 18.8 Å². The van der Waals surface area contributed by atoms with Gasteiger partial charge in [-0.05, 0) is 24.7 Å². The average molecular weight is 203 g/mol. The third kappa shape index (κ3) is 1.35. The molecule has 2 aliphatic carbocycles. The maximum absolute atomic E-state index is 5.56. The molecule has 0 radical (unpaired) electrons. The molecule has 3 rings (SSSR count). The van der Waals surface area contributed by atoms with Crippen molar-refractivity contribution in [2.75, 3.05) is 11.5 Å². The summed E-state index contributed by atoms with van der Waals surface area (Å²) in [5.41, 5.74) is 11.1. The lowest BCUT2D eigenvalue weighted by atomic mass is 9.93. The van der Waals surface area contributed by atoms with Gasteiger partial charge in [0, 0.05) is 5.92 Å². The second-order valence-corrected chi connectivity index (χ2v) is 4.30. The first-order chi connectivity index (χ1) is 7.22. The van der Waals surface area contributed by atoms with Gasteiger partial charge in [0.1, 0.15) is 5.82 Å². The lowest BCUT2D eigenvalue weighted by molar-refractivity contribution is 0.552. The van der Waals surface area contributed by atoms with Gasteiger partial charge in [-0.25, -0.2) is 0 Å². The van der Waals surface area contributed by atoms with Crippen LogP contribution in [0, 0.1) is 11.8 Å². The molecule has 4 N–H and O–H groups in total. The Morgan fingerprint density at radius 2 is 1.73 bits per heavy atom. The molecular weight excluding hydrogens is 190 g/mol. The molecule has 2 bridgehead atoms. The van der Waals surface area contributed by atoms with Gasteiger partial charge >= 0.3 is 0 Å². The Balaban J connectivity index is 1.96. The standard InChI is InChI=1S/C10H13N5/c11-9-13-8(14-10(12)15-9)7-4-5-1-2-6(7)3-5/h1-2,5-7H,3-4H2,(H4,11,12,13,14,15)/t5-,6-,7+/m0/s1. The van der Waals surface area contributed by atoms with Gasteiger partial charge in [0.25, 0.3) is 0 Å². The molecule has 5 nitrogen and oxygen atoms in total. The van der Waals surface area contributed by atoms with E-state index in [0.717, 1.165) is 12.2 Å². The molecule has 1 heterocycles. The minimum Gasteiger partial charge on any atom is -0.368 e. The molecule has 0 spiro atoms. The number of nitrogens with zero attached hydrogens (tertiary/aromatic N) is 3. The first kappa shape index (κ1) is 8.64. The third-order valence-electron chi connectivity index (χ3n) is 3.30. The van der Waals surface area contributed by atoms with Gasteiger partial charge < -0.3 is 11.5 Å². The largest absolute Gasteiger partial charge is 0.368 e. The first-order valence-electron chi connectivity index (χ1n) is 5.17. The van der Waals surface area contributed by atoms with Crippen molar-refractivity contribution in [3.8, 4) is 0 Å². The first-order valence-corrected chi connectivity index (χ1v) is 5.17. The summed E-state index contributed by atoms with van der Waals surface area (Å²) in [4.78, 5) is 12.1. The highest BCUT2D eigenvalue weighted by Crippen LogP contribution is 2.47. The van der Waals surface area contributed by atoms with Crippen LogP contribution in [0.15, 0.2) is 12.2 Å². The number of hydrogen-bond acceptors (Lipinski definition) is 5. The minimum atomic E-state index is 0.226. The summed E-state index contributed by atoms with van der Waals surface area (Å²) in [5.74, 6) is 2.85. The van der Waals surface area contributed by atoms with Gasteiger partial charge in [-0.2, -0.15) is 15.0 Å². The van der Waals surface area contributed by atoms with Crippen molar-refractivity contribution < 1.29 is 0 Å². The Bertz CT molecular complexity index is 408. The van der Waals surface area contributed by atoms with Gasteiger partial charge in [-0.1, -0.05) is 12.2 Å². The number of allylic oxidation sites excluding steroid dienone is 2. The molecule has 0 unspecified atom stereocenters. The summed E-state index contributed by atoms with van der Waals surface area (Å²) in [6.45, 7) is 0. The van der Waals surface area contributed by atoms with Crippen LogP contribution in [0.25, 0.3) is 0 Å². The van der Waals surface area contributed by atoms with Crippen LogP contribution in [0.4, 0.5) is 11.9 Å². The van der Waals surface area contributed by atoms with E-state index in [1.54, 1.807) is 0 Å². The van der Waals surface area contributed by atoms with Crippen LogP contribution < -0.4 is 11.5 Å². The van der Waals surface area contributed by atoms with Crippen LogP contribution in [-0.2, 0) is 0 Å². The molecule has 0 saturated heterocycles. The second kappa shape index (κ2) is 2.92. The highest BCUT2D eigenvalue weighted by molar-refractivity contribution is 5.29. The topological polar surface area (TPSA) is 90.7 Å². The highest BCUT2D eigenvalue weighted by Gasteiger charge is 2.38. The van der Waals surface area contributed by atoms with Crippen molar-refractivity contribution in [2.24, 2.45) is 11.8 Å². The number of rotatable bonds is 1. The smallest absolute Gasteiger partial charge is 0.225 e. The van der Waals surface area contributed by atoms with Gasteiger partial charge in [0.05, 0.1) is 0 Å². The average Bonchev–Trinajstić information content (AvgIpc) is 2.76. The molecule has 78 valence electrons. The molecule has 2 aliphatic rings. The Labute approximate surface area is 87.6 Å². The highest BCUT2D eigenvalue weighted by atomic mass is 15.1. The van der Waals surface area contributed by atoms with E-state index in [1.165, 1.54) is 6.42 Å². The summed E-state index contributed by atoms with van der Waals surface area (Å²) in [6.07, 6.45) is 6.88. The zero-order chi connectivity index (χ0) is 10.4. The Morgan fingerprint density at radius 1 is 1.00 bits per heavy atom. The predicted octanol–water partition coefficient (Wildman–Crippen LogP) is 0.716. The van der Waals surface area contributed by atoms with Crippen LogP contribution in [0.2, 0.25) is 0 Å². The van der Waals surface area contributed by atoms with E-state index < -0.39 is 0 Å². The summed E-state index contributed by atoms with van der Waals surface area (Å²) < 4.78 is 0. The predicted molar refractivity (Wildman–Crippen MR) is 56.7 cm³/mol.